The first-order chi connectivity index (χ1) is 14.1. The minimum Gasteiger partial charge on any atom is -0.379 e. The van der Waals surface area contributed by atoms with Crippen LogP contribution < -0.4 is 5.32 Å². The van der Waals surface area contributed by atoms with E-state index in [1.165, 1.54) is 16.9 Å². The van der Waals surface area contributed by atoms with Gasteiger partial charge in [-0.15, -0.1) is 11.3 Å². The van der Waals surface area contributed by atoms with Crippen LogP contribution in [0, 0.1) is 6.92 Å². The number of morpholine rings is 1. The van der Waals surface area contributed by atoms with Gasteiger partial charge in [-0.1, -0.05) is 24.6 Å². The molecule has 1 saturated heterocycles. The Labute approximate surface area is 174 Å². The van der Waals surface area contributed by atoms with E-state index >= 15 is 0 Å². The number of nitrogens with zero attached hydrogens (tertiary/aromatic N) is 4. The standard InChI is InChI=1S/C21H25N5O2S/c1-3-19-18(12-22-26(19)17-6-4-15(2)5-7-17)20(27)24-21-23-16(14-29-21)13-25-8-10-28-11-9-25/h4-7,12,14H,3,8-11,13H2,1-2H3,(H,23,24,27). The Morgan fingerprint density at radius 3 is 2.72 bits per heavy atom. The first kappa shape index (κ1) is 19.8. The number of aryl methyl sites for hydroxylation is 1. The molecule has 1 aliphatic rings. The van der Waals surface area contributed by atoms with E-state index in [1.54, 1.807) is 6.20 Å². The summed E-state index contributed by atoms with van der Waals surface area (Å²) in [6.07, 6.45) is 2.34. The van der Waals surface area contributed by atoms with Crippen molar-refractivity contribution in [3.8, 4) is 5.69 Å². The third-order valence-electron chi connectivity index (χ3n) is 4.99. The molecule has 7 nitrogen and oxygen atoms in total. The van der Waals surface area contributed by atoms with Crippen LogP contribution in [0.25, 0.3) is 5.69 Å². The van der Waals surface area contributed by atoms with Gasteiger partial charge in [-0.05, 0) is 25.5 Å². The Bertz CT molecular complexity index is 973. The summed E-state index contributed by atoms with van der Waals surface area (Å²) < 4.78 is 7.21. The van der Waals surface area contributed by atoms with E-state index in [9.17, 15) is 4.79 Å². The number of rotatable bonds is 6. The smallest absolute Gasteiger partial charge is 0.260 e. The van der Waals surface area contributed by atoms with Gasteiger partial charge in [0.2, 0.25) is 0 Å². The second-order valence-electron chi connectivity index (χ2n) is 7.09. The number of carbonyl (C=O) groups excluding carboxylic acids is 1. The van der Waals surface area contributed by atoms with Gasteiger partial charge in [0.05, 0.1) is 42.0 Å². The highest BCUT2D eigenvalue weighted by Gasteiger charge is 2.19. The molecule has 0 unspecified atom stereocenters. The number of aromatic nitrogens is 3. The number of amides is 1. The predicted octanol–water partition coefficient (Wildman–Crippen LogP) is 3.28. The zero-order valence-corrected chi connectivity index (χ0v) is 17.5. The number of hydrogen-bond donors (Lipinski definition) is 1. The summed E-state index contributed by atoms with van der Waals surface area (Å²) in [6.45, 7) is 8.21. The van der Waals surface area contributed by atoms with Gasteiger partial charge >= 0.3 is 0 Å². The molecule has 0 radical (unpaired) electrons. The average molecular weight is 412 g/mol. The summed E-state index contributed by atoms with van der Waals surface area (Å²) in [5, 5.41) is 10.0. The molecule has 3 heterocycles. The lowest BCUT2D eigenvalue weighted by Gasteiger charge is -2.25. The Kier molecular flexibility index (Phi) is 6.03. The average Bonchev–Trinajstić information content (AvgIpc) is 3.36. The summed E-state index contributed by atoms with van der Waals surface area (Å²) in [6, 6.07) is 8.12. The van der Waals surface area contributed by atoms with Crippen LogP contribution in [0.3, 0.4) is 0 Å². The van der Waals surface area contributed by atoms with E-state index in [0.717, 1.165) is 49.9 Å². The molecule has 1 fully saturated rings. The number of anilines is 1. The van der Waals surface area contributed by atoms with Crippen LogP contribution >= 0.6 is 11.3 Å². The van der Waals surface area contributed by atoms with Crippen LogP contribution in [0.15, 0.2) is 35.8 Å². The van der Waals surface area contributed by atoms with Crippen molar-refractivity contribution in [1.29, 1.82) is 0 Å². The number of hydrogen-bond acceptors (Lipinski definition) is 6. The fraction of sp³-hybridized carbons (Fsp3) is 0.381. The topological polar surface area (TPSA) is 72.3 Å². The van der Waals surface area contributed by atoms with Crippen molar-refractivity contribution in [2.75, 3.05) is 31.6 Å². The zero-order chi connectivity index (χ0) is 20.2. The monoisotopic (exact) mass is 411 g/mol. The van der Waals surface area contributed by atoms with E-state index < -0.39 is 0 Å². The Hall–Kier alpha value is -2.55. The highest BCUT2D eigenvalue weighted by Crippen LogP contribution is 2.21. The van der Waals surface area contributed by atoms with Crippen molar-refractivity contribution < 1.29 is 9.53 Å². The molecule has 0 spiro atoms. The van der Waals surface area contributed by atoms with Gasteiger partial charge in [0.25, 0.3) is 5.91 Å². The summed E-state index contributed by atoms with van der Waals surface area (Å²) in [5.41, 5.74) is 4.58. The van der Waals surface area contributed by atoms with Crippen molar-refractivity contribution in [3.63, 3.8) is 0 Å². The van der Waals surface area contributed by atoms with Gasteiger partial charge in [-0.3, -0.25) is 15.0 Å². The Balaban J connectivity index is 1.46. The molecule has 0 saturated carbocycles. The molecule has 4 rings (SSSR count). The molecule has 0 bridgehead atoms. The van der Waals surface area contributed by atoms with Crippen LogP contribution in [0.2, 0.25) is 0 Å². The van der Waals surface area contributed by atoms with Crippen LogP contribution in [0.4, 0.5) is 5.13 Å². The maximum absolute atomic E-state index is 12.9. The highest BCUT2D eigenvalue weighted by molar-refractivity contribution is 7.14. The fourth-order valence-corrected chi connectivity index (χ4v) is 4.10. The van der Waals surface area contributed by atoms with Crippen LogP contribution in [-0.2, 0) is 17.7 Å². The van der Waals surface area contributed by atoms with E-state index in [2.05, 4.69) is 20.3 Å². The first-order valence-electron chi connectivity index (χ1n) is 9.84. The van der Waals surface area contributed by atoms with Crippen molar-refractivity contribution in [3.05, 3.63) is 58.4 Å². The summed E-state index contributed by atoms with van der Waals surface area (Å²) in [4.78, 5) is 19.8. The van der Waals surface area contributed by atoms with E-state index in [0.29, 0.717) is 17.1 Å². The number of benzene rings is 1. The largest absolute Gasteiger partial charge is 0.379 e. The van der Waals surface area contributed by atoms with Gasteiger partial charge in [0, 0.05) is 25.0 Å². The second kappa shape index (κ2) is 8.86. The van der Waals surface area contributed by atoms with E-state index in [1.807, 2.05) is 48.2 Å². The molecular formula is C21H25N5O2S. The lowest BCUT2D eigenvalue weighted by molar-refractivity contribution is 0.0337. The predicted molar refractivity (Wildman–Crippen MR) is 114 cm³/mol. The van der Waals surface area contributed by atoms with Crippen molar-refractivity contribution in [1.82, 2.24) is 19.7 Å². The maximum Gasteiger partial charge on any atom is 0.260 e. The van der Waals surface area contributed by atoms with Crippen molar-refractivity contribution in [2.45, 2.75) is 26.8 Å². The van der Waals surface area contributed by atoms with Crippen LogP contribution in [0.1, 0.15) is 34.2 Å². The van der Waals surface area contributed by atoms with Gasteiger partial charge in [0.1, 0.15) is 0 Å². The lowest BCUT2D eigenvalue weighted by atomic mass is 10.2. The SMILES string of the molecule is CCc1c(C(=O)Nc2nc(CN3CCOCC3)cs2)cnn1-c1ccc(C)cc1. The van der Waals surface area contributed by atoms with E-state index in [-0.39, 0.29) is 5.91 Å². The van der Waals surface area contributed by atoms with Crippen LogP contribution in [-0.4, -0.2) is 51.9 Å². The third-order valence-corrected chi connectivity index (χ3v) is 5.79. The molecule has 152 valence electrons. The maximum atomic E-state index is 12.9. The molecule has 1 aromatic carbocycles. The molecule has 1 N–H and O–H groups in total. The normalized spacial score (nSPS) is 14.8. The molecule has 0 aliphatic carbocycles. The van der Waals surface area contributed by atoms with Crippen molar-refractivity contribution >= 4 is 22.4 Å². The summed E-state index contributed by atoms with van der Waals surface area (Å²) in [7, 11) is 0. The van der Waals surface area contributed by atoms with Gasteiger partial charge in [0.15, 0.2) is 5.13 Å². The van der Waals surface area contributed by atoms with Gasteiger partial charge in [-0.2, -0.15) is 5.10 Å². The van der Waals surface area contributed by atoms with Crippen molar-refractivity contribution in [2.24, 2.45) is 0 Å². The number of thiazole rings is 1. The van der Waals surface area contributed by atoms with Crippen LogP contribution in [0.5, 0.6) is 0 Å². The molecule has 1 aliphatic heterocycles. The lowest BCUT2D eigenvalue weighted by Crippen LogP contribution is -2.35. The molecule has 3 aromatic rings. The third kappa shape index (κ3) is 4.55. The quantitative estimate of drug-likeness (QED) is 0.674. The minimum atomic E-state index is -0.174. The molecule has 8 heteroatoms. The fourth-order valence-electron chi connectivity index (χ4n) is 3.40. The molecule has 2 aromatic heterocycles. The van der Waals surface area contributed by atoms with Gasteiger partial charge < -0.3 is 4.74 Å². The Morgan fingerprint density at radius 2 is 2.00 bits per heavy atom. The highest BCUT2D eigenvalue weighted by atomic mass is 32.1. The Morgan fingerprint density at radius 1 is 1.24 bits per heavy atom. The second-order valence-corrected chi connectivity index (χ2v) is 7.95. The number of nitrogens with one attached hydrogen (secondary N) is 1. The number of carbonyl (C=O) groups is 1. The molecule has 29 heavy (non-hydrogen) atoms. The van der Waals surface area contributed by atoms with Gasteiger partial charge in [-0.25, -0.2) is 9.67 Å². The number of ether oxygens (including phenoxy) is 1. The molecular weight excluding hydrogens is 386 g/mol. The molecule has 0 atom stereocenters. The minimum absolute atomic E-state index is 0.174. The molecule has 1 amide bonds. The zero-order valence-electron chi connectivity index (χ0n) is 16.7. The van der Waals surface area contributed by atoms with E-state index in [4.69, 9.17) is 4.74 Å². The first-order valence-corrected chi connectivity index (χ1v) is 10.7. The summed E-state index contributed by atoms with van der Waals surface area (Å²) >= 11 is 1.45. The summed E-state index contributed by atoms with van der Waals surface area (Å²) in [5.74, 6) is -0.174.